The molecule has 0 spiro atoms. The van der Waals surface area contributed by atoms with Crippen molar-refractivity contribution in [3.8, 4) is 0 Å². The van der Waals surface area contributed by atoms with Crippen LogP contribution < -0.4 is 0 Å². The topological polar surface area (TPSA) is 74.6 Å². The average Bonchev–Trinajstić information content (AvgIpc) is 3.43. The van der Waals surface area contributed by atoms with E-state index >= 15 is 0 Å². The lowest BCUT2D eigenvalue weighted by Crippen LogP contribution is -2.46. The third-order valence-corrected chi connectivity index (χ3v) is 6.12. The van der Waals surface area contributed by atoms with Gasteiger partial charge in [0.05, 0.1) is 12.2 Å². The van der Waals surface area contributed by atoms with Crippen molar-refractivity contribution in [2.45, 2.75) is 44.7 Å². The molecule has 29 heavy (non-hydrogen) atoms. The summed E-state index contributed by atoms with van der Waals surface area (Å²) in [7, 11) is 4.10. The summed E-state index contributed by atoms with van der Waals surface area (Å²) in [6.45, 7) is 5.58. The molecule has 0 aromatic carbocycles. The zero-order valence-electron chi connectivity index (χ0n) is 17.5. The Labute approximate surface area is 171 Å². The monoisotopic (exact) mass is 398 g/mol. The minimum atomic E-state index is -0.375. The van der Waals surface area contributed by atoms with Gasteiger partial charge in [-0.2, -0.15) is 5.10 Å². The number of hydrogen-bond acceptors (Lipinski definition) is 5. The van der Waals surface area contributed by atoms with Crippen molar-refractivity contribution >= 4 is 22.8 Å². The van der Waals surface area contributed by atoms with Crippen molar-refractivity contribution in [2.24, 2.45) is 0 Å². The number of carbonyl (C=O) groups excluding carboxylic acids is 2. The molecule has 156 valence electrons. The Morgan fingerprint density at radius 3 is 2.90 bits per heavy atom. The summed E-state index contributed by atoms with van der Waals surface area (Å²) in [4.78, 5) is 35.3. The number of fused-ring (bicyclic) bond motifs is 1. The highest BCUT2D eigenvalue weighted by atomic mass is 16.2. The molecule has 0 bridgehead atoms. The third-order valence-electron chi connectivity index (χ3n) is 6.12. The maximum Gasteiger partial charge on any atom is 0.245 e. The number of likely N-dealkylation sites (N-methyl/N-ethyl adjacent to an activating group) is 1. The molecule has 0 unspecified atom stereocenters. The second kappa shape index (κ2) is 8.10. The third kappa shape index (κ3) is 3.85. The van der Waals surface area contributed by atoms with Crippen LogP contribution in [0.5, 0.6) is 0 Å². The summed E-state index contributed by atoms with van der Waals surface area (Å²) < 4.78 is 1.99. The van der Waals surface area contributed by atoms with Gasteiger partial charge in [-0.25, -0.2) is 9.67 Å². The highest BCUT2D eigenvalue weighted by Crippen LogP contribution is 2.32. The molecule has 2 aliphatic heterocycles. The molecule has 2 aliphatic rings. The molecule has 2 atom stereocenters. The number of likely N-dealkylation sites (tertiary alicyclic amines) is 2. The summed E-state index contributed by atoms with van der Waals surface area (Å²) in [6, 6.07) is 3.65. The summed E-state index contributed by atoms with van der Waals surface area (Å²) in [5, 5.41) is 5.97. The summed E-state index contributed by atoms with van der Waals surface area (Å²) in [5.74, 6) is 0.350. The first-order chi connectivity index (χ1) is 14.0. The lowest BCUT2D eigenvalue weighted by molar-refractivity contribution is -0.142. The Morgan fingerprint density at radius 1 is 1.34 bits per heavy atom. The van der Waals surface area contributed by atoms with E-state index in [0.717, 1.165) is 42.7 Å². The van der Waals surface area contributed by atoms with Gasteiger partial charge in [-0.05, 0) is 46.0 Å². The molecule has 0 aliphatic carbocycles. The fourth-order valence-corrected chi connectivity index (χ4v) is 4.45. The van der Waals surface area contributed by atoms with Crippen LogP contribution in [-0.4, -0.2) is 87.6 Å². The minimum absolute atomic E-state index is 0.0530. The molecule has 0 radical (unpaired) electrons. The number of nitrogens with zero attached hydrogens (tertiary/aromatic N) is 6. The van der Waals surface area contributed by atoms with E-state index in [1.165, 1.54) is 0 Å². The van der Waals surface area contributed by atoms with Crippen molar-refractivity contribution in [3.63, 3.8) is 0 Å². The predicted octanol–water partition coefficient (Wildman–Crippen LogP) is 1.32. The van der Waals surface area contributed by atoms with Crippen LogP contribution >= 0.6 is 0 Å². The quantitative estimate of drug-likeness (QED) is 0.734. The van der Waals surface area contributed by atoms with Gasteiger partial charge in [0, 0.05) is 50.1 Å². The van der Waals surface area contributed by atoms with E-state index in [-0.39, 0.29) is 23.8 Å². The van der Waals surface area contributed by atoms with E-state index < -0.39 is 0 Å². The fraction of sp³-hybridized carbons (Fsp3) is 0.619. The molecule has 8 nitrogen and oxygen atoms in total. The summed E-state index contributed by atoms with van der Waals surface area (Å²) in [6.07, 6.45) is 4.10. The van der Waals surface area contributed by atoms with E-state index in [2.05, 4.69) is 16.0 Å². The van der Waals surface area contributed by atoms with Gasteiger partial charge < -0.3 is 14.7 Å². The zero-order chi connectivity index (χ0) is 20.5. The summed E-state index contributed by atoms with van der Waals surface area (Å²) >= 11 is 0. The number of amides is 2. The largest absolute Gasteiger partial charge is 0.340 e. The molecule has 0 N–H and O–H groups in total. The number of pyridine rings is 1. The lowest BCUT2D eigenvalue weighted by Gasteiger charge is -2.27. The Morgan fingerprint density at radius 2 is 2.17 bits per heavy atom. The van der Waals surface area contributed by atoms with Crippen molar-refractivity contribution in [1.82, 2.24) is 29.5 Å². The Balaban J connectivity index is 1.51. The summed E-state index contributed by atoms with van der Waals surface area (Å²) in [5.41, 5.74) is 1.94. The van der Waals surface area contributed by atoms with Crippen LogP contribution in [0.2, 0.25) is 0 Å². The Hall–Kier alpha value is -2.48. The fourth-order valence-electron chi connectivity index (χ4n) is 4.45. The van der Waals surface area contributed by atoms with Crippen LogP contribution in [0.15, 0.2) is 18.3 Å². The molecule has 0 saturated carbocycles. The first-order valence-electron chi connectivity index (χ1n) is 10.5. The maximum atomic E-state index is 13.0. The normalized spacial score (nSPS) is 21.0. The van der Waals surface area contributed by atoms with Crippen LogP contribution in [0.1, 0.15) is 37.8 Å². The highest BCUT2D eigenvalue weighted by molar-refractivity contribution is 5.88. The standard InChI is InChI=1S/C21H30N6O2/c1-15(26-10-5-7-18(26)28)21(29)25-11-8-16(14-25)19-17-6-4-9-22-20(17)27(23-19)13-12-24(2)3/h4,6,9,15-16H,5,7-8,10-14H2,1-3H3/t15-,16+/m1/s1. The molecular formula is C21H30N6O2. The van der Waals surface area contributed by atoms with Gasteiger partial charge in [0.1, 0.15) is 6.04 Å². The zero-order valence-corrected chi connectivity index (χ0v) is 17.5. The van der Waals surface area contributed by atoms with E-state index in [9.17, 15) is 9.59 Å². The Bertz CT molecular complexity index is 908. The molecule has 8 heteroatoms. The number of aromatic nitrogens is 3. The van der Waals surface area contributed by atoms with Gasteiger partial charge in [-0.1, -0.05) is 0 Å². The van der Waals surface area contributed by atoms with Gasteiger partial charge in [0.25, 0.3) is 0 Å². The van der Waals surface area contributed by atoms with Gasteiger partial charge in [0.15, 0.2) is 5.65 Å². The number of rotatable bonds is 6. The van der Waals surface area contributed by atoms with Crippen LogP contribution in [0.3, 0.4) is 0 Å². The molecule has 2 aromatic heterocycles. The van der Waals surface area contributed by atoms with Crippen LogP contribution in [0.25, 0.3) is 11.0 Å². The van der Waals surface area contributed by atoms with Crippen molar-refractivity contribution in [1.29, 1.82) is 0 Å². The number of hydrogen-bond donors (Lipinski definition) is 0. The van der Waals surface area contributed by atoms with Crippen molar-refractivity contribution in [2.75, 3.05) is 40.3 Å². The van der Waals surface area contributed by atoms with E-state index in [0.29, 0.717) is 26.1 Å². The molecule has 2 saturated heterocycles. The highest BCUT2D eigenvalue weighted by Gasteiger charge is 2.36. The predicted molar refractivity (Wildman–Crippen MR) is 110 cm³/mol. The molecule has 4 heterocycles. The minimum Gasteiger partial charge on any atom is -0.340 e. The Kier molecular flexibility index (Phi) is 5.54. The number of carbonyl (C=O) groups is 2. The van der Waals surface area contributed by atoms with Gasteiger partial charge in [-0.3, -0.25) is 9.59 Å². The van der Waals surface area contributed by atoms with Gasteiger partial charge in [0.2, 0.25) is 11.8 Å². The van der Waals surface area contributed by atoms with E-state index in [1.54, 1.807) is 11.1 Å². The first-order valence-corrected chi connectivity index (χ1v) is 10.5. The van der Waals surface area contributed by atoms with Crippen LogP contribution in [0.4, 0.5) is 0 Å². The van der Waals surface area contributed by atoms with Crippen LogP contribution in [-0.2, 0) is 16.1 Å². The smallest absolute Gasteiger partial charge is 0.245 e. The molecule has 4 rings (SSSR count). The average molecular weight is 399 g/mol. The molecular weight excluding hydrogens is 368 g/mol. The van der Waals surface area contributed by atoms with Crippen molar-refractivity contribution < 1.29 is 9.59 Å². The molecule has 2 fully saturated rings. The molecule has 2 aromatic rings. The van der Waals surface area contributed by atoms with Crippen molar-refractivity contribution in [3.05, 3.63) is 24.0 Å². The van der Waals surface area contributed by atoms with Gasteiger partial charge in [-0.15, -0.1) is 0 Å². The second-order valence-electron chi connectivity index (χ2n) is 8.42. The van der Waals surface area contributed by atoms with Gasteiger partial charge >= 0.3 is 0 Å². The van der Waals surface area contributed by atoms with E-state index in [4.69, 9.17) is 5.10 Å². The van der Waals surface area contributed by atoms with Crippen LogP contribution in [0, 0.1) is 0 Å². The first kappa shape index (κ1) is 19.8. The SMILES string of the molecule is C[C@H](C(=O)N1CC[C@H](c2nn(CCN(C)C)c3ncccc23)C1)N1CCCC1=O. The van der Waals surface area contributed by atoms with E-state index in [1.807, 2.05) is 36.7 Å². The molecule has 2 amide bonds. The lowest BCUT2D eigenvalue weighted by atomic mass is 10.0. The second-order valence-corrected chi connectivity index (χ2v) is 8.42. The maximum absolute atomic E-state index is 13.0.